The summed E-state index contributed by atoms with van der Waals surface area (Å²) in [6.45, 7) is 1.36. The van der Waals surface area contributed by atoms with Gasteiger partial charge in [-0.2, -0.15) is 13.2 Å². The van der Waals surface area contributed by atoms with Crippen molar-refractivity contribution in [3.05, 3.63) is 29.8 Å². The van der Waals surface area contributed by atoms with Crippen molar-refractivity contribution < 1.29 is 32.6 Å². The molecule has 1 N–H and O–H groups in total. The van der Waals surface area contributed by atoms with Gasteiger partial charge in [0.05, 0.1) is 17.5 Å². The summed E-state index contributed by atoms with van der Waals surface area (Å²) in [5, 5.41) is 8.90. The molecular formula is C13H12F3NO4. The summed E-state index contributed by atoms with van der Waals surface area (Å²) >= 11 is 0. The molecule has 1 amide bonds. The molecule has 0 aromatic heterocycles. The van der Waals surface area contributed by atoms with Crippen LogP contribution in [0.2, 0.25) is 0 Å². The maximum absolute atomic E-state index is 12.5. The van der Waals surface area contributed by atoms with Crippen LogP contribution in [0.25, 0.3) is 0 Å². The van der Waals surface area contributed by atoms with Gasteiger partial charge < -0.3 is 9.84 Å². The number of amides is 1. The molecule has 1 atom stereocenters. The Labute approximate surface area is 117 Å². The van der Waals surface area contributed by atoms with Crippen molar-refractivity contribution in [2.45, 2.75) is 25.1 Å². The van der Waals surface area contributed by atoms with Gasteiger partial charge in [-0.3, -0.25) is 9.69 Å². The number of benzene rings is 1. The van der Waals surface area contributed by atoms with E-state index in [2.05, 4.69) is 0 Å². The van der Waals surface area contributed by atoms with E-state index in [0.29, 0.717) is 0 Å². The highest BCUT2D eigenvalue weighted by atomic mass is 19.4. The Kier molecular flexibility index (Phi) is 3.56. The standard InChI is InChI=1S/C13H12F3NO4/c1-12(6-10(18)19)7-21-11(20)17(12)9-4-2-8(3-5-9)13(14,15)16/h2-5H,6-7H2,1H3,(H,18,19). The number of carbonyl (C=O) groups is 2. The van der Waals surface area contributed by atoms with Crippen LogP contribution in [-0.4, -0.2) is 29.3 Å². The lowest BCUT2D eigenvalue weighted by atomic mass is 9.97. The highest BCUT2D eigenvalue weighted by molar-refractivity contribution is 5.92. The Balaban J connectivity index is 2.34. The van der Waals surface area contributed by atoms with Crippen LogP contribution >= 0.6 is 0 Å². The number of alkyl halides is 3. The molecule has 2 rings (SSSR count). The van der Waals surface area contributed by atoms with Crippen molar-refractivity contribution in [3.63, 3.8) is 0 Å². The van der Waals surface area contributed by atoms with Gasteiger partial charge >= 0.3 is 18.2 Å². The molecule has 0 radical (unpaired) electrons. The number of cyclic esters (lactones) is 1. The summed E-state index contributed by atoms with van der Waals surface area (Å²) in [5.41, 5.74) is -1.82. The number of aliphatic carboxylic acids is 1. The van der Waals surface area contributed by atoms with Crippen molar-refractivity contribution in [1.29, 1.82) is 0 Å². The molecule has 0 saturated carbocycles. The lowest BCUT2D eigenvalue weighted by molar-refractivity contribution is -0.138. The number of carbonyl (C=O) groups excluding carboxylic acids is 1. The average Bonchev–Trinajstić information content (AvgIpc) is 2.63. The molecule has 0 spiro atoms. The molecule has 0 bridgehead atoms. The molecule has 1 saturated heterocycles. The second-order valence-electron chi connectivity index (χ2n) is 5.00. The van der Waals surface area contributed by atoms with Crippen LogP contribution in [0.5, 0.6) is 0 Å². The molecule has 1 unspecified atom stereocenters. The largest absolute Gasteiger partial charge is 0.481 e. The van der Waals surface area contributed by atoms with Crippen LogP contribution in [0.1, 0.15) is 18.9 Å². The van der Waals surface area contributed by atoms with Gasteiger partial charge in [-0.1, -0.05) is 0 Å². The second-order valence-corrected chi connectivity index (χ2v) is 5.00. The molecule has 1 aliphatic rings. The molecule has 1 aromatic carbocycles. The summed E-state index contributed by atoms with van der Waals surface area (Å²) < 4.78 is 42.4. The Morgan fingerprint density at radius 2 is 1.95 bits per heavy atom. The third-order valence-electron chi connectivity index (χ3n) is 3.21. The van der Waals surface area contributed by atoms with Crippen molar-refractivity contribution in [2.24, 2.45) is 0 Å². The number of hydrogen-bond acceptors (Lipinski definition) is 3. The Morgan fingerprint density at radius 3 is 2.43 bits per heavy atom. The predicted molar refractivity (Wildman–Crippen MR) is 65.9 cm³/mol. The number of rotatable bonds is 3. The van der Waals surface area contributed by atoms with Crippen molar-refractivity contribution >= 4 is 17.7 Å². The van der Waals surface area contributed by atoms with Crippen molar-refractivity contribution in [1.82, 2.24) is 0 Å². The minimum Gasteiger partial charge on any atom is -0.481 e. The summed E-state index contributed by atoms with van der Waals surface area (Å²) in [7, 11) is 0. The zero-order chi connectivity index (χ0) is 15.8. The van der Waals surface area contributed by atoms with Gasteiger partial charge in [0.25, 0.3) is 0 Å². The van der Waals surface area contributed by atoms with Crippen molar-refractivity contribution in [3.8, 4) is 0 Å². The minimum atomic E-state index is -4.48. The summed E-state index contributed by atoms with van der Waals surface area (Å²) in [6.07, 6.45) is -5.63. The van der Waals surface area contributed by atoms with E-state index >= 15 is 0 Å². The fraction of sp³-hybridized carbons (Fsp3) is 0.385. The minimum absolute atomic E-state index is 0.140. The second kappa shape index (κ2) is 4.94. The molecule has 8 heteroatoms. The van der Waals surface area contributed by atoms with E-state index in [1.54, 1.807) is 0 Å². The molecule has 0 aliphatic carbocycles. The molecule has 5 nitrogen and oxygen atoms in total. The molecule has 1 heterocycles. The van der Waals surface area contributed by atoms with Gasteiger partial charge in [-0.05, 0) is 31.2 Å². The lowest BCUT2D eigenvalue weighted by Crippen LogP contribution is -2.46. The third kappa shape index (κ3) is 2.93. The van der Waals surface area contributed by atoms with E-state index < -0.39 is 29.3 Å². The number of ether oxygens (including phenoxy) is 1. The molecular weight excluding hydrogens is 291 g/mol. The van der Waals surface area contributed by atoms with Gasteiger partial charge in [-0.25, -0.2) is 4.79 Å². The number of hydrogen-bond donors (Lipinski definition) is 1. The maximum Gasteiger partial charge on any atom is 0.416 e. The number of halogens is 3. The maximum atomic E-state index is 12.5. The third-order valence-corrected chi connectivity index (χ3v) is 3.21. The van der Waals surface area contributed by atoms with Crippen LogP contribution in [0.4, 0.5) is 23.7 Å². The van der Waals surface area contributed by atoms with Crippen LogP contribution < -0.4 is 4.90 Å². The Bertz CT molecular complexity index is 570. The topological polar surface area (TPSA) is 66.8 Å². The van der Waals surface area contributed by atoms with E-state index in [-0.39, 0.29) is 18.7 Å². The van der Waals surface area contributed by atoms with Gasteiger partial charge in [0.1, 0.15) is 6.61 Å². The molecule has 1 aromatic rings. The van der Waals surface area contributed by atoms with E-state index in [1.807, 2.05) is 0 Å². The molecule has 1 aliphatic heterocycles. The first kappa shape index (κ1) is 15.1. The average molecular weight is 303 g/mol. The normalized spacial score (nSPS) is 22.3. The number of carboxylic acid groups (broad SMARTS) is 1. The van der Waals surface area contributed by atoms with Crippen LogP contribution in [0.3, 0.4) is 0 Å². The first-order valence-electron chi connectivity index (χ1n) is 5.99. The first-order valence-corrected chi connectivity index (χ1v) is 5.99. The summed E-state index contributed by atoms with van der Waals surface area (Å²) in [5.74, 6) is -1.13. The number of anilines is 1. The fourth-order valence-corrected chi connectivity index (χ4v) is 2.24. The fourth-order valence-electron chi connectivity index (χ4n) is 2.24. The van der Waals surface area contributed by atoms with Crippen LogP contribution in [0.15, 0.2) is 24.3 Å². The Hall–Kier alpha value is -2.25. The molecule has 114 valence electrons. The lowest BCUT2D eigenvalue weighted by Gasteiger charge is -2.30. The predicted octanol–water partition coefficient (Wildman–Crippen LogP) is 2.90. The van der Waals surface area contributed by atoms with Gasteiger partial charge in [0, 0.05) is 5.69 Å². The van der Waals surface area contributed by atoms with Gasteiger partial charge in [-0.15, -0.1) is 0 Å². The van der Waals surface area contributed by atoms with Crippen LogP contribution in [-0.2, 0) is 15.7 Å². The Morgan fingerprint density at radius 1 is 1.38 bits per heavy atom. The van der Waals surface area contributed by atoms with Crippen LogP contribution in [0, 0.1) is 0 Å². The number of nitrogens with zero attached hydrogens (tertiary/aromatic N) is 1. The monoisotopic (exact) mass is 303 g/mol. The van der Waals surface area contributed by atoms with E-state index in [0.717, 1.165) is 29.2 Å². The number of carboxylic acids is 1. The smallest absolute Gasteiger partial charge is 0.416 e. The highest BCUT2D eigenvalue weighted by Crippen LogP contribution is 2.35. The van der Waals surface area contributed by atoms with Gasteiger partial charge in [0.15, 0.2) is 0 Å². The molecule has 1 fully saturated rings. The highest BCUT2D eigenvalue weighted by Gasteiger charge is 2.46. The van der Waals surface area contributed by atoms with E-state index in [9.17, 15) is 22.8 Å². The van der Waals surface area contributed by atoms with E-state index in [4.69, 9.17) is 9.84 Å². The summed E-state index contributed by atoms with van der Waals surface area (Å²) in [4.78, 5) is 23.7. The zero-order valence-electron chi connectivity index (χ0n) is 11.0. The quantitative estimate of drug-likeness (QED) is 0.932. The SMILES string of the molecule is CC1(CC(=O)O)COC(=O)N1c1ccc(C(F)(F)F)cc1. The molecule has 21 heavy (non-hydrogen) atoms. The first-order chi connectivity index (χ1) is 9.63. The van der Waals surface area contributed by atoms with Gasteiger partial charge in [0.2, 0.25) is 0 Å². The zero-order valence-corrected chi connectivity index (χ0v) is 11.0. The van der Waals surface area contributed by atoms with E-state index in [1.165, 1.54) is 6.92 Å². The van der Waals surface area contributed by atoms with Crippen molar-refractivity contribution in [2.75, 3.05) is 11.5 Å². The summed E-state index contributed by atoms with van der Waals surface area (Å²) in [6, 6.07) is 3.91.